The van der Waals surface area contributed by atoms with Crippen LogP contribution in [0.15, 0.2) is 60.8 Å². The largest absolute Gasteiger partial charge is 0.481 e. The maximum Gasteiger partial charge on any atom is 0.326 e. The normalized spacial score (nSPS) is 16.6. The summed E-state index contributed by atoms with van der Waals surface area (Å²) in [5.41, 5.74) is 7.71. The Kier molecular flexibility index (Phi) is 12.0. The van der Waals surface area contributed by atoms with E-state index in [0.29, 0.717) is 17.5 Å². The lowest BCUT2D eigenvalue weighted by molar-refractivity contribution is -0.147. The van der Waals surface area contributed by atoms with Crippen LogP contribution in [-0.2, 0) is 46.4 Å². The minimum absolute atomic E-state index is 0.0140. The molecule has 16 nitrogen and oxygen atoms in total. The lowest BCUT2D eigenvalue weighted by Gasteiger charge is -2.30. The van der Waals surface area contributed by atoms with Gasteiger partial charge in [0.25, 0.3) is 0 Å². The van der Waals surface area contributed by atoms with Gasteiger partial charge in [-0.15, -0.1) is 0 Å². The van der Waals surface area contributed by atoms with Crippen LogP contribution in [0.4, 0.5) is 0 Å². The van der Waals surface area contributed by atoms with Gasteiger partial charge in [-0.1, -0.05) is 48.5 Å². The van der Waals surface area contributed by atoms with Crippen LogP contribution in [0.2, 0.25) is 0 Å². The molecule has 3 aromatic rings. The van der Waals surface area contributed by atoms with Gasteiger partial charge in [0, 0.05) is 36.5 Å². The fraction of sp³-hybridized carbons (Fsp3) is 0.364. The van der Waals surface area contributed by atoms with Crippen molar-refractivity contribution in [3.63, 3.8) is 0 Å². The molecule has 1 aliphatic rings. The fourth-order valence-electron chi connectivity index (χ4n) is 5.76. The van der Waals surface area contributed by atoms with Crippen molar-refractivity contribution in [2.75, 3.05) is 6.54 Å². The van der Waals surface area contributed by atoms with E-state index in [2.05, 4.69) is 20.9 Å². The van der Waals surface area contributed by atoms with Crippen LogP contribution in [-0.4, -0.2) is 103 Å². The zero-order valence-corrected chi connectivity index (χ0v) is 26.3. The molecule has 2 heterocycles. The number of nitrogens with two attached hydrogens (primary N) is 1. The Morgan fingerprint density at radius 3 is 2.12 bits per heavy atom. The Labute approximate surface area is 280 Å². The number of nitrogens with zero attached hydrogens (tertiary/aromatic N) is 1. The molecule has 0 bridgehead atoms. The summed E-state index contributed by atoms with van der Waals surface area (Å²) in [6, 6.07) is 8.73. The van der Waals surface area contributed by atoms with Gasteiger partial charge < -0.3 is 46.9 Å². The Balaban J connectivity index is 1.53. The van der Waals surface area contributed by atoms with Crippen LogP contribution < -0.4 is 21.7 Å². The highest BCUT2D eigenvalue weighted by Crippen LogP contribution is 2.22. The molecule has 1 aromatic heterocycles. The number of carboxylic acid groups (broad SMARTS) is 3. The summed E-state index contributed by atoms with van der Waals surface area (Å²) in [6.07, 6.45) is 0.400. The zero-order chi connectivity index (χ0) is 35.7. The molecule has 0 saturated carbocycles. The molecule has 1 aliphatic heterocycles. The second-order valence-corrected chi connectivity index (χ2v) is 11.8. The Hall–Kier alpha value is -5.77. The molecular formula is C33H38N6O10. The number of likely N-dealkylation sites (tertiary alicyclic amines) is 1. The summed E-state index contributed by atoms with van der Waals surface area (Å²) < 4.78 is 0. The first-order valence-electron chi connectivity index (χ1n) is 15.6. The molecule has 0 radical (unpaired) electrons. The first kappa shape index (κ1) is 36.1. The van der Waals surface area contributed by atoms with E-state index >= 15 is 0 Å². The van der Waals surface area contributed by atoms with E-state index in [1.807, 2.05) is 0 Å². The predicted molar refractivity (Wildman–Crippen MR) is 173 cm³/mol. The van der Waals surface area contributed by atoms with E-state index in [0.717, 1.165) is 15.8 Å². The molecule has 1 saturated heterocycles. The molecule has 2 aromatic carbocycles. The number of carbonyl (C=O) groups excluding carboxylic acids is 4. The van der Waals surface area contributed by atoms with E-state index in [1.54, 1.807) is 60.8 Å². The highest BCUT2D eigenvalue weighted by Gasteiger charge is 2.40. The third-order valence-electron chi connectivity index (χ3n) is 8.19. The molecule has 1 fully saturated rings. The predicted octanol–water partition coefficient (Wildman–Crippen LogP) is -0.240. The van der Waals surface area contributed by atoms with Crippen molar-refractivity contribution in [3.05, 3.63) is 71.9 Å². The number of rotatable bonds is 16. The number of aromatic nitrogens is 1. The van der Waals surface area contributed by atoms with Gasteiger partial charge in [-0.25, -0.2) is 4.79 Å². The van der Waals surface area contributed by atoms with Gasteiger partial charge in [0.1, 0.15) is 24.2 Å². The van der Waals surface area contributed by atoms with Crippen molar-refractivity contribution in [3.8, 4) is 0 Å². The number of aromatic amines is 1. The molecule has 49 heavy (non-hydrogen) atoms. The molecule has 9 N–H and O–H groups in total. The van der Waals surface area contributed by atoms with Gasteiger partial charge in [-0.2, -0.15) is 0 Å². The highest BCUT2D eigenvalue weighted by molar-refractivity contribution is 5.98. The Morgan fingerprint density at radius 2 is 1.45 bits per heavy atom. The number of hydrogen-bond acceptors (Lipinski definition) is 8. The van der Waals surface area contributed by atoms with Crippen molar-refractivity contribution in [1.82, 2.24) is 25.8 Å². The van der Waals surface area contributed by atoms with E-state index < -0.39 is 84.6 Å². The second kappa shape index (κ2) is 16.4. The smallest absolute Gasteiger partial charge is 0.326 e. The lowest BCUT2D eigenvalue weighted by atomic mass is 10.0. The quantitative estimate of drug-likeness (QED) is 0.0980. The van der Waals surface area contributed by atoms with Gasteiger partial charge in [0.2, 0.25) is 23.6 Å². The fourth-order valence-corrected chi connectivity index (χ4v) is 5.76. The number of H-pyrrole nitrogens is 1. The summed E-state index contributed by atoms with van der Waals surface area (Å²) in [5, 5.41) is 36.5. The van der Waals surface area contributed by atoms with Crippen LogP contribution in [0.25, 0.3) is 10.9 Å². The maximum absolute atomic E-state index is 13.8. The van der Waals surface area contributed by atoms with Crippen LogP contribution in [0.3, 0.4) is 0 Å². The van der Waals surface area contributed by atoms with Crippen molar-refractivity contribution < 1.29 is 48.9 Å². The number of aliphatic carboxylic acids is 3. The van der Waals surface area contributed by atoms with Gasteiger partial charge in [-0.3, -0.25) is 28.8 Å². The van der Waals surface area contributed by atoms with E-state index in [9.17, 15) is 43.8 Å². The lowest BCUT2D eigenvalue weighted by Crippen LogP contribution is -2.59. The first-order valence-corrected chi connectivity index (χ1v) is 15.6. The third-order valence-corrected chi connectivity index (χ3v) is 8.19. The average Bonchev–Trinajstić information content (AvgIpc) is 3.71. The topological polar surface area (TPSA) is 261 Å². The Morgan fingerprint density at radius 1 is 0.796 bits per heavy atom. The third kappa shape index (κ3) is 9.63. The zero-order valence-electron chi connectivity index (χ0n) is 26.3. The molecule has 4 amide bonds. The van der Waals surface area contributed by atoms with Crippen molar-refractivity contribution in [2.45, 2.75) is 68.7 Å². The van der Waals surface area contributed by atoms with E-state index in [1.165, 1.54) is 0 Å². The first-order chi connectivity index (χ1) is 23.3. The van der Waals surface area contributed by atoms with Crippen LogP contribution in [0.1, 0.15) is 36.8 Å². The number of benzene rings is 2. The highest BCUT2D eigenvalue weighted by atomic mass is 16.4. The molecule has 260 valence electrons. The van der Waals surface area contributed by atoms with Gasteiger partial charge >= 0.3 is 17.9 Å². The molecule has 0 unspecified atom stereocenters. The van der Waals surface area contributed by atoms with Crippen LogP contribution >= 0.6 is 0 Å². The van der Waals surface area contributed by atoms with Gasteiger partial charge in [-0.05, 0) is 30.0 Å². The number of amides is 4. The molecule has 5 atom stereocenters. The number of hydrogen-bond donors (Lipinski definition) is 8. The number of para-hydroxylation sites is 1. The molecule has 0 spiro atoms. The summed E-state index contributed by atoms with van der Waals surface area (Å²) in [6.45, 7) is 0.0406. The summed E-state index contributed by atoms with van der Waals surface area (Å²) in [7, 11) is 0. The average molecular weight is 679 g/mol. The number of carbonyl (C=O) groups is 7. The number of carboxylic acids is 3. The Bertz CT molecular complexity index is 1710. The van der Waals surface area contributed by atoms with Crippen LogP contribution in [0, 0.1) is 0 Å². The molecule has 4 rings (SSSR count). The van der Waals surface area contributed by atoms with Gasteiger partial charge in [0.15, 0.2) is 0 Å². The minimum atomic E-state index is -1.67. The van der Waals surface area contributed by atoms with E-state index in [-0.39, 0.29) is 25.8 Å². The second-order valence-electron chi connectivity index (χ2n) is 11.8. The van der Waals surface area contributed by atoms with E-state index in [4.69, 9.17) is 10.8 Å². The SMILES string of the molecule is N[C@@H](CC(=O)O)C(=O)N[C@@H](Cc1c[nH]c2ccccc12)C(=O)N[C@@H](CC(=O)O)C(=O)N1CCC[C@H]1C(=O)N[C@@H](Cc1ccccc1)C(=O)O. The van der Waals surface area contributed by atoms with Gasteiger partial charge in [0.05, 0.1) is 18.9 Å². The molecule has 16 heteroatoms. The standard InChI is InChI=1S/C33H38N6O10/c34-21(15-27(40)41)29(44)36-23(14-19-17-35-22-10-5-4-9-20(19)22)30(45)37-24(16-28(42)43)32(47)39-12-6-11-26(39)31(46)38-25(33(48)49)13-18-7-2-1-3-8-18/h1-5,7-10,17,21,23-26,35H,6,11-16,34H2,(H,36,44)(H,37,45)(H,38,46)(H,40,41)(H,42,43)(H,48,49)/t21-,23-,24-,25-,26-/m0/s1. The number of nitrogens with one attached hydrogen (secondary N) is 4. The minimum Gasteiger partial charge on any atom is -0.481 e. The summed E-state index contributed by atoms with van der Waals surface area (Å²) in [5.74, 6) is -7.59. The van der Waals surface area contributed by atoms with Crippen molar-refractivity contribution in [2.24, 2.45) is 5.73 Å². The summed E-state index contributed by atoms with van der Waals surface area (Å²) >= 11 is 0. The number of fused-ring (bicyclic) bond motifs is 1. The van der Waals surface area contributed by atoms with Crippen molar-refractivity contribution in [1.29, 1.82) is 0 Å². The van der Waals surface area contributed by atoms with Crippen molar-refractivity contribution >= 4 is 52.4 Å². The molecular weight excluding hydrogens is 640 g/mol. The maximum atomic E-state index is 13.8. The van der Waals surface area contributed by atoms with Crippen LogP contribution in [0.5, 0.6) is 0 Å². The monoisotopic (exact) mass is 678 g/mol. The summed E-state index contributed by atoms with van der Waals surface area (Å²) in [4.78, 5) is 92.7. The molecule has 0 aliphatic carbocycles.